The summed E-state index contributed by atoms with van der Waals surface area (Å²) in [7, 11) is 0. The van der Waals surface area contributed by atoms with E-state index >= 15 is 0 Å². The SMILES string of the molecule is S=C1[NH][Ag][NH]1. The van der Waals surface area contributed by atoms with Crippen LogP contribution in [0.5, 0.6) is 0 Å². The third-order valence-corrected chi connectivity index (χ3v) is 1.98. The van der Waals surface area contributed by atoms with Crippen LogP contribution in [0.3, 0.4) is 0 Å². The number of thiocarbonyl (C=S) groups is 1. The van der Waals surface area contributed by atoms with Crippen molar-refractivity contribution in [3.8, 4) is 0 Å². The Morgan fingerprint density at radius 2 is 2.00 bits per heavy atom. The minimum absolute atomic E-state index is 0.645. The van der Waals surface area contributed by atoms with Crippen molar-refractivity contribution >= 4 is 17.3 Å². The third kappa shape index (κ3) is 0.633. The van der Waals surface area contributed by atoms with Gasteiger partial charge in [0, 0.05) is 0 Å². The molecule has 0 aromatic rings. The van der Waals surface area contributed by atoms with Crippen LogP contribution >= 0.6 is 12.2 Å². The Balaban J connectivity index is 2.32. The molecule has 0 radical (unpaired) electrons. The van der Waals surface area contributed by atoms with E-state index < -0.39 is 0 Å². The normalized spacial score (nSPS) is 20.4. The molecule has 2 N–H and O–H groups in total. The van der Waals surface area contributed by atoms with Gasteiger partial charge in [0.2, 0.25) is 0 Å². The molecule has 0 aromatic carbocycles. The van der Waals surface area contributed by atoms with Crippen LogP contribution in [0.4, 0.5) is 0 Å². The second kappa shape index (κ2) is 1.26. The first kappa shape index (κ1) is 3.61. The van der Waals surface area contributed by atoms with Gasteiger partial charge in [0.25, 0.3) is 0 Å². The average molecular weight is 182 g/mol. The molecule has 2 nitrogen and oxygen atoms in total. The summed E-state index contributed by atoms with van der Waals surface area (Å²) < 4.78 is 5.72. The summed E-state index contributed by atoms with van der Waals surface area (Å²) >= 11 is 5.21. The fourth-order valence-corrected chi connectivity index (χ4v) is 0.769. The Labute approximate surface area is 45.3 Å². The molecule has 0 unspecified atom stereocenters. The summed E-state index contributed by atoms with van der Waals surface area (Å²) in [5, 5.41) is 0.782. The standard InChI is InChI=1S/CH3N2S.Ag/c2-1(3)4;/h(H3-,2,3,4);/q-1;+2/p-1. The van der Waals surface area contributed by atoms with Crippen LogP contribution in [-0.2, 0) is 20.3 Å². The van der Waals surface area contributed by atoms with Crippen molar-refractivity contribution in [1.82, 2.24) is 7.44 Å². The van der Waals surface area contributed by atoms with E-state index in [0.29, 0.717) is 20.3 Å². The summed E-state index contributed by atoms with van der Waals surface area (Å²) in [4.78, 5) is 0. The summed E-state index contributed by atoms with van der Waals surface area (Å²) in [6.07, 6.45) is 0. The van der Waals surface area contributed by atoms with Gasteiger partial charge in [-0.15, -0.1) is 0 Å². The third-order valence-electron chi connectivity index (χ3n) is 0.212. The van der Waals surface area contributed by atoms with Crippen molar-refractivity contribution in [2.45, 2.75) is 0 Å². The molecule has 0 aliphatic carbocycles. The first-order valence-electron chi connectivity index (χ1n) is 1.01. The Hall–Kier alpha value is 0.430. The van der Waals surface area contributed by atoms with Gasteiger partial charge in [-0.25, -0.2) is 0 Å². The topological polar surface area (TPSA) is 24.1 Å². The molecule has 0 bridgehead atoms. The number of hydrogen-bond donors (Lipinski definition) is 2. The van der Waals surface area contributed by atoms with Crippen molar-refractivity contribution < 1.29 is 20.3 Å². The fourth-order valence-electron chi connectivity index (χ4n) is 0.0685. The zero-order valence-electron chi connectivity index (χ0n) is 2.21. The van der Waals surface area contributed by atoms with Crippen LogP contribution in [0.15, 0.2) is 0 Å². The monoisotopic (exact) mass is 181 g/mol. The molecule has 1 rings (SSSR count). The molecular formula is CH2AgN2S. The van der Waals surface area contributed by atoms with Crippen molar-refractivity contribution in [3.05, 3.63) is 0 Å². The number of hydrogen-bond acceptors (Lipinski definition) is 1. The molecule has 1 aliphatic heterocycles. The van der Waals surface area contributed by atoms with E-state index in [4.69, 9.17) is 0 Å². The second-order valence-electron chi connectivity index (χ2n) is 0.555. The van der Waals surface area contributed by atoms with Gasteiger partial charge in [0.05, 0.1) is 0 Å². The first-order valence-corrected chi connectivity index (χ1v) is 2.90. The molecule has 5 heavy (non-hydrogen) atoms. The van der Waals surface area contributed by atoms with Crippen LogP contribution < -0.4 is 7.44 Å². The van der Waals surface area contributed by atoms with E-state index in [1.807, 2.05) is 0 Å². The van der Waals surface area contributed by atoms with E-state index in [-0.39, 0.29) is 0 Å². The summed E-state index contributed by atoms with van der Waals surface area (Å²) in [5.74, 6) is 0. The van der Waals surface area contributed by atoms with Gasteiger partial charge in [-0.3, -0.25) is 0 Å². The van der Waals surface area contributed by atoms with Crippen LogP contribution in [0.25, 0.3) is 0 Å². The summed E-state index contributed by atoms with van der Waals surface area (Å²) in [6.45, 7) is 0. The van der Waals surface area contributed by atoms with E-state index in [9.17, 15) is 0 Å². The van der Waals surface area contributed by atoms with Gasteiger partial charge in [0.15, 0.2) is 0 Å². The predicted octanol–water partition coefficient (Wildman–Crippen LogP) is -0.623. The van der Waals surface area contributed by atoms with Crippen LogP contribution in [0.2, 0.25) is 0 Å². The van der Waals surface area contributed by atoms with E-state index in [1.165, 1.54) is 0 Å². The van der Waals surface area contributed by atoms with Gasteiger partial charge >= 0.3 is 45.0 Å². The van der Waals surface area contributed by atoms with Crippen LogP contribution in [-0.4, -0.2) is 5.11 Å². The zero-order valence-corrected chi connectivity index (χ0v) is 4.51. The van der Waals surface area contributed by atoms with Gasteiger partial charge in [0.1, 0.15) is 0 Å². The second-order valence-corrected chi connectivity index (χ2v) is 2.08. The van der Waals surface area contributed by atoms with E-state index in [1.54, 1.807) is 0 Å². The predicted molar refractivity (Wildman–Crippen MR) is 18.9 cm³/mol. The molecule has 0 saturated carbocycles. The fraction of sp³-hybridized carbons (Fsp3) is 0. The summed E-state index contributed by atoms with van der Waals surface area (Å²) in [5.41, 5.74) is 0. The van der Waals surface area contributed by atoms with Crippen molar-refractivity contribution in [3.63, 3.8) is 0 Å². The first-order chi connectivity index (χ1) is 2.39. The molecule has 0 aromatic heterocycles. The summed E-state index contributed by atoms with van der Waals surface area (Å²) in [6, 6.07) is 0. The van der Waals surface area contributed by atoms with Gasteiger partial charge in [-0.05, 0) is 0 Å². The Bertz CT molecular complexity index is 56.7. The van der Waals surface area contributed by atoms with Crippen LogP contribution in [0, 0.1) is 0 Å². The van der Waals surface area contributed by atoms with Gasteiger partial charge in [-0.1, -0.05) is 0 Å². The molecule has 0 amide bonds. The molecule has 1 fully saturated rings. The maximum absolute atomic E-state index is 4.57. The van der Waals surface area contributed by atoms with Crippen molar-refractivity contribution in [2.75, 3.05) is 0 Å². The Morgan fingerprint density at radius 3 is 2.00 bits per heavy atom. The minimum atomic E-state index is 0.645. The molecule has 1 aliphatic rings. The Morgan fingerprint density at radius 1 is 1.60 bits per heavy atom. The van der Waals surface area contributed by atoms with E-state index in [0.717, 1.165) is 5.11 Å². The van der Waals surface area contributed by atoms with Crippen molar-refractivity contribution in [1.29, 1.82) is 0 Å². The van der Waals surface area contributed by atoms with E-state index in [2.05, 4.69) is 19.7 Å². The zero-order chi connectivity index (χ0) is 3.70. The molecular weight excluding hydrogens is 180 g/mol. The van der Waals surface area contributed by atoms with Gasteiger partial charge < -0.3 is 0 Å². The van der Waals surface area contributed by atoms with Gasteiger partial charge in [-0.2, -0.15) is 0 Å². The molecule has 33 valence electrons. The number of nitrogens with one attached hydrogen (secondary N) is 2. The molecule has 0 spiro atoms. The molecule has 1 heterocycles. The molecule has 0 atom stereocenters. The number of rotatable bonds is 0. The molecule has 1 saturated heterocycles. The molecule has 4 heteroatoms. The van der Waals surface area contributed by atoms with Crippen molar-refractivity contribution in [2.24, 2.45) is 0 Å². The maximum atomic E-state index is 4.57. The average Bonchev–Trinajstić information content (AvgIpc) is 1.30. The Kier molecular flexibility index (Phi) is 0.911. The quantitative estimate of drug-likeness (QED) is 0.385. The van der Waals surface area contributed by atoms with Crippen LogP contribution in [0.1, 0.15) is 0 Å².